The second-order valence-electron chi connectivity index (χ2n) is 7.13. The van der Waals surface area contributed by atoms with Crippen molar-refractivity contribution < 1.29 is 9.47 Å². The van der Waals surface area contributed by atoms with Crippen molar-refractivity contribution in [1.29, 1.82) is 0 Å². The molecule has 0 aromatic heterocycles. The van der Waals surface area contributed by atoms with Crippen LogP contribution in [0.5, 0.6) is 0 Å². The molecule has 6 bridgehead atoms. The molecule has 0 aromatic rings. The smallest absolute Gasteiger partial charge is 0.223 e. The van der Waals surface area contributed by atoms with Crippen LogP contribution in [0.4, 0.5) is 0 Å². The van der Waals surface area contributed by atoms with Gasteiger partial charge < -0.3 is 14.8 Å². The summed E-state index contributed by atoms with van der Waals surface area (Å²) in [6, 6.07) is 0. The van der Waals surface area contributed by atoms with Crippen LogP contribution in [0.2, 0.25) is 0 Å². The second-order valence-corrected chi connectivity index (χ2v) is 7.13. The van der Waals surface area contributed by atoms with Crippen LogP contribution < -0.4 is 5.32 Å². The highest BCUT2D eigenvalue weighted by Gasteiger charge is 2.17. The lowest BCUT2D eigenvalue weighted by atomic mass is 9.94. The van der Waals surface area contributed by atoms with Crippen molar-refractivity contribution >= 4 is 11.7 Å². The minimum Gasteiger partial charge on any atom is -0.373 e. The SMILES string of the molecule is C1=C2C=C(CC1)C1=NC(=NC3=CCCC(=C3)COC/C=C/COC2)NCC1. The molecule has 5 heteroatoms. The van der Waals surface area contributed by atoms with Crippen LogP contribution in [-0.4, -0.2) is 44.6 Å². The molecular weight excluding hydrogens is 338 g/mol. The maximum Gasteiger partial charge on any atom is 0.223 e. The van der Waals surface area contributed by atoms with Gasteiger partial charge in [0.25, 0.3) is 0 Å². The zero-order valence-corrected chi connectivity index (χ0v) is 15.7. The van der Waals surface area contributed by atoms with Crippen molar-refractivity contribution in [2.24, 2.45) is 9.98 Å². The number of rotatable bonds is 0. The van der Waals surface area contributed by atoms with Crippen molar-refractivity contribution in [3.63, 3.8) is 0 Å². The summed E-state index contributed by atoms with van der Waals surface area (Å²) in [6.45, 7) is 3.38. The van der Waals surface area contributed by atoms with Crippen LogP contribution in [0.1, 0.15) is 32.1 Å². The van der Waals surface area contributed by atoms with Gasteiger partial charge in [-0.1, -0.05) is 30.4 Å². The van der Waals surface area contributed by atoms with E-state index in [0.29, 0.717) is 26.4 Å². The molecule has 142 valence electrons. The maximum atomic E-state index is 5.78. The standard InChI is InChI=1S/C22H27N3O2/c1-2-12-27-16-18-6-4-8-20(14-18)24-22-23-10-9-21(25-22)19-7-3-5-17(13-19)15-26-11-1/h1-2,5,8,13-14H,3-4,6-7,9-12,15-16H2,(H,23,24)/b2-1+. The van der Waals surface area contributed by atoms with E-state index in [9.17, 15) is 0 Å². The van der Waals surface area contributed by atoms with Crippen molar-refractivity contribution in [3.8, 4) is 0 Å². The Morgan fingerprint density at radius 3 is 2.63 bits per heavy atom. The van der Waals surface area contributed by atoms with Gasteiger partial charge in [-0.25, -0.2) is 9.98 Å². The van der Waals surface area contributed by atoms with Gasteiger partial charge >= 0.3 is 0 Å². The van der Waals surface area contributed by atoms with Gasteiger partial charge in [0.2, 0.25) is 5.96 Å². The fraction of sp³-hybridized carbons (Fsp3) is 0.455. The zero-order chi connectivity index (χ0) is 18.3. The molecule has 27 heavy (non-hydrogen) atoms. The topological polar surface area (TPSA) is 55.2 Å². The summed E-state index contributed by atoms with van der Waals surface area (Å²) in [7, 11) is 0. The minimum atomic E-state index is 0.607. The van der Waals surface area contributed by atoms with Gasteiger partial charge in [-0.3, -0.25) is 0 Å². The van der Waals surface area contributed by atoms with Crippen molar-refractivity contribution in [2.45, 2.75) is 32.1 Å². The summed E-state index contributed by atoms with van der Waals surface area (Å²) < 4.78 is 11.5. The molecule has 0 saturated carbocycles. The second kappa shape index (κ2) is 9.11. The van der Waals surface area contributed by atoms with E-state index >= 15 is 0 Å². The molecule has 1 N–H and O–H groups in total. The Morgan fingerprint density at radius 2 is 1.70 bits per heavy atom. The van der Waals surface area contributed by atoms with Gasteiger partial charge in [0, 0.05) is 18.7 Å². The third-order valence-corrected chi connectivity index (χ3v) is 4.99. The summed E-state index contributed by atoms with van der Waals surface area (Å²) in [6.07, 6.45) is 18.0. The first-order valence-electron chi connectivity index (χ1n) is 9.87. The van der Waals surface area contributed by atoms with Crippen LogP contribution in [0, 0.1) is 0 Å². The summed E-state index contributed by atoms with van der Waals surface area (Å²) in [5.74, 6) is 0.721. The number of allylic oxidation sites excluding steroid dienone is 4. The average Bonchev–Trinajstić information content (AvgIpc) is 2.70. The van der Waals surface area contributed by atoms with Crippen LogP contribution in [0.3, 0.4) is 0 Å². The van der Waals surface area contributed by atoms with E-state index in [1.807, 2.05) is 12.2 Å². The highest BCUT2D eigenvalue weighted by atomic mass is 16.5. The molecule has 0 radical (unpaired) electrons. The van der Waals surface area contributed by atoms with Crippen molar-refractivity contribution in [3.05, 3.63) is 58.9 Å². The van der Waals surface area contributed by atoms with Crippen LogP contribution >= 0.6 is 0 Å². The molecule has 0 aromatic carbocycles. The summed E-state index contributed by atoms with van der Waals surface area (Å²) >= 11 is 0. The van der Waals surface area contributed by atoms with Crippen LogP contribution in [0.15, 0.2) is 68.9 Å². The molecule has 0 atom stereocenters. The van der Waals surface area contributed by atoms with Gasteiger partial charge in [0.05, 0.1) is 32.1 Å². The number of fused-ring (bicyclic) bond motifs is 4. The molecule has 2 heterocycles. The summed E-state index contributed by atoms with van der Waals surface area (Å²) in [5, 5.41) is 3.33. The van der Waals surface area contributed by atoms with E-state index in [4.69, 9.17) is 19.5 Å². The Bertz CT molecular complexity index is 781. The van der Waals surface area contributed by atoms with Gasteiger partial charge in [-0.05, 0) is 48.5 Å². The number of ether oxygens (including phenoxy) is 2. The Hall–Kier alpha value is -2.24. The molecule has 0 fully saturated rings. The van der Waals surface area contributed by atoms with E-state index in [1.165, 1.54) is 16.7 Å². The molecule has 0 amide bonds. The fourth-order valence-electron chi connectivity index (χ4n) is 3.61. The molecular formula is C22H27N3O2. The summed E-state index contributed by atoms with van der Waals surface area (Å²) in [4.78, 5) is 9.57. The molecule has 2 aliphatic heterocycles. The molecule has 2 aliphatic carbocycles. The highest BCUT2D eigenvalue weighted by Crippen LogP contribution is 2.22. The predicted octanol–water partition coefficient (Wildman–Crippen LogP) is 3.63. The van der Waals surface area contributed by atoms with E-state index in [1.54, 1.807) is 0 Å². The number of nitrogens with zero attached hydrogens (tertiary/aromatic N) is 2. The van der Waals surface area contributed by atoms with Gasteiger partial charge in [-0.2, -0.15) is 0 Å². The van der Waals surface area contributed by atoms with E-state index < -0.39 is 0 Å². The molecule has 4 rings (SSSR count). The minimum absolute atomic E-state index is 0.607. The maximum absolute atomic E-state index is 5.78. The lowest BCUT2D eigenvalue weighted by Crippen LogP contribution is -2.31. The third-order valence-electron chi connectivity index (χ3n) is 4.99. The third kappa shape index (κ3) is 5.15. The number of hydrogen-bond acceptors (Lipinski definition) is 5. The predicted molar refractivity (Wildman–Crippen MR) is 109 cm³/mol. The molecule has 0 spiro atoms. The first kappa shape index (κ1) is 18.1. The monoisotopic (exact) mass is 365 g/mol. The lowest BCUT2D eigenvalue weighted by Gasteiger charge is -2.21. The Balaban J connectivity index is 1.61. The van der Waals surface area contributed by atoms with Gasteiger partial charge in [0.15, 0.2) is 0 Å². The van der Waals surface area contributed by atoms with E-state index in [-0.39, 0.29) is 0 Å². The molecule has 4 aliphatic rings. The fourth-order valence-corrected chi connectivity index (χ4v) is 3.61. The Morgan fingerprint density at radius 1 is 0.852 bits per heavy atom. The van der Waals surface area contributed by atoms with Crippen LogP contribution in [0.25, 0.3) is 0 Å². The van der Waals surface area contributed by atoms with Gasteiger partial charge in [0.1, 0.15) is 0 Å². The normalized spacial score (nSPS) is 25.2. The first-order chi connectivity index (χ1) is 13.4. The Kier molecular flexibility index (Phi) is 6.12. The van der Waals surface area contributed by atoms with E-state index in [2.05, 4.69) is 29.6 Å². The summed E-state index contributed by atoms with van der Waals surface area (Å²) in [5.41, 5.74) is 5.99. The van der Waals surface area contributed by atoms with Crippen molar-refractivity contribution in [2.75, 3.05) is 33.0 Å². The average molecular weight is 365 g/mol. The van der Waals surface area contributed by atoms with E-state index in [0.717, 1.165) is 56.0 Å². The molecule has 0 saturated heterocycles. The first-order valence-corrected chi connectivity index (χ1v) is 9.87. The largest absolute Gasteiger partial charge is 0.373 e. The quantitative estimate of drug-likeness (QED) is 0.667. The highest BCUT2D eigenvalue weighted by molar-refractivity contribution is 6.09. The Labute approximate surface area is 160 Å². The number of guanidine groups is 1. The molecule has 5 nitrogen and oxygen atoms in total. The number of hydrogen-bond donors (Lipinski definition) is 1. The van der Waals surface area contributed by atoms with Gasteiger partial charge in [-0.15, -0.1) is 0 Å². The van der Waals surface area contributed by atoms with Crippen molar-refractivity contribution in [1.82, 2.24) is 5.32 Å². The number of aliphatic imine (C=N–C) groups is 2. The number of nitrogens with one attached hydrogen (secondary N) is 1. The van der Waals surface area contributed by atoms with Crippen LogP contribution in [-0.2, 0) is 9.47 Å². The molecule has 0 unspecified atom stereocenters. The zero-order valence-electron chi connectivity index (χ0n) is 15.7. The lowest BCUT2D eigenvalue weighted by molar-refractivity contribution is 0.177.